The molecule has 4 heteroatoms. The van der Waals surface area contributed by atoms with Gasteiger partial charge in [0.1, 0.15) is 6.10 Å². The molecule has 0 radical (unpaired) electrons. The third-order valence-corrected chi connectivity index (χ3v) is 3.25. The first-order valence-corrected chi connectivity index (χ1v) is 6.19. The highest BCUT2D eigenvalue weighted by molar-refractivity contribution is 5.06. The highest BCUT2D eigenvalue weighted by Gasteiger charge is 2.31. The molecule has 2 heterocycles. The van der Waals surface area contributed by atoms with E-state index in [1.807, 2.05) is 12.5 Å². The van der Waals surface area contributed by atoms with Crippen LogP contribution in [0.15, 0.2) is 12.5 Å². The van der Waals surface area contributed by atoms with Crippen LogP contribution in [0.4, 0.5) is 0 Å². The maximum atomic E-state index is 5.85. The van der Waals surface area contributed by atoms with Crippen molar-refractivity contribution >= 4 is 0 Å². The molecule has 0 aliphatic carbocycles. The first kappa shape index (κ1) is 11.6. The Morgan fingerprint density at radius 2 is 2.44 bits per heavy atom. The fourth-order valence-electron chi connectivity index (χ4n) is 2.33. The number of nitrogens with one attached hydrogen (secondary N) is 1. The second-order valence-corrected chi connectivity index (χ2v) is 4.25. The van der Waals surface area contributed by atoms with Gasteiger partial charge in [-0.1, -0.05) is 6.92 Å². The SMILES string of the molecule is CCNCC1CCOC1c1cncn1CC. The molecule has 4 nitrogen and oxygen atoms in total. The van der Waals surface area contributed by atoms with E-state index in [1.54, 1.807) is 0 Å². The number of ether oxygens (including phenoxy) is 1. The summed E-state index contributed by atoms with van der Waals surface area (Å²) in [5.74, 6) is 0.585. The van der Waals surface area contributed by atoms with Gasteiger partial charge in [0, 0.05) is 25.6 Å². The zero-order chi connectivity index (χ0) is 11.4. The predicted octanol–water partition coefficient (Wildman–Crippen LogP) is 1.59. The third-order valence-electron chi connectivity index (χ3n) is 3.25. The second-order valence-electron chi connectivity index (χ2n) is 4.25. The molecular formula is C12H21N3O. The highest BCUT2D eigenvalue weighted by atomic mass is 16.5. The Bertz CT molecular complexity index is 324. The van der Waals surface area contributed by atoms with Crippen molar-refractivity contribution in [3.63, 3.8) is 0 Å². The molecular weight excluding hydrogens is 202 g/mol. The summed E-state index contributed by atoms with van der Waals surface area (Å²) in [5.41, 5.74) is 1.22. The zero-order valence-electron chi connectivity index (χ0n) is 10.1. The lowest BCUT2D eigenvalue weighted by molar-refractivity contribution is 0.0842. The van der Waals surface area contributed by atoms with Gasteiger partial charge in [-0.2, -0.15) is 0 Å². The van der Waals surface area contributed by atoms with Crippen molar-refractivity contribution in [1.29, 1.82) is 0 Å². The lowest BCUT2D eigenvalue weighted by Crippen LogP contribution is -2.25. The van der Waals surface area contributed by atoms with Gasteiger partial charge in [0.25, 0.3) is 0 Å². The van der Waals surface area contributed by atoms with Crippen LogP contribution in [0.25, 0.3) is 0 Å². The number of aryl methyl sites for hydroxylation is 1. The monoisotopic (exact) mass is 223 g/mol. The molecule has 0 bridgehead atoms. The third kappa shape index (κ3) is 2.28. The normalized spacial score (nSPS) is 25.1. The van der Waals surface area contributed by atoms with Crippen molar-refractivity contribution in [3.8, 4) is 0 Å². The molecule has 1 aliphatic heterocycles. The summed E-state index contributed by atoms with van der Waals surface area (Å²) in [6.07, 6.45) is 5.20. The molecule has 0 saturated carbocycles. The van der Waals surface area contributed by atoms with Gasteiger partial charge in [0.15, 0.2) is 0 Å². The van der Waals surface area contributed by atoms with E-state index in [1.165, 1.54) is 5.69 Å². The lowest BCUT2D eigenvalue weighted by Gasteiger charge is -2.19. The average molecular weight is 223 g/mol. The molecule has 2 rings (SSSR count). The fourth-order valence-corrected chi connectivity index (χ4v) is 2.33. The second kappa shape index (κ2) is 5.46. The minimum atomic E-state index is 0.224. The van der Waals surface area contributed by atoms with E-state index in [4.69, 9.17) is 4.74 Å². The van der Waals surface area contributed by atoms with E-state index < -0.39 is 0 Å². The van der Waals surface area contributed by atoms with Crippen LogP contribution in [-0.4, -0.2) is 29.2 Å². The molecule has 1 aliphatic rings. The minimum Gasteiger partial charge on any atom is -0.372 e. The largest absolute Gasteiger partial charge is 0.372 e. The summed E-state index contributed by atoms with van der Waals surface area (Å²) >= 11 is 0. The standard InChI is InChI=1S/C12H21N3O/c1-3-13-7-10-5-6-16-12(10)11-8-14-9-15(11)4-2/h8-10,12-13H,3-7H2,1-2H3. The maximum absolute atomic E-state index is 5.85. The van der Waals surface area contributed by atoms with Crippen LogP contribution >= 0.6 is 0 Å². The van der Waals surface area contributed by atoms with Crippen LogP contribution in [0, 0.1) is 5.92 Å². The fraction of sp³-hybridized carbons (Fsp3) is 0.750. The van der Waals surface area contributed by atoms with Crippen LogP contribution in [0.1, 0.15) is 32.1 Å². The zero-order valence-corrected chi connectivity index (χ0v) is 10.1. The van der Waals surface area contributed by atoms with Crippen LogP contribution in [0.3, 0.4) is 0 Å². The molecule has 1 aromatic rings. The summed E-state index contributed by atoms with van der Waals surface area (Å²) < 4.78 is 8.02. The van der Waals surface area contributed by atoms with Gasteiger partial charge in [-0.05, 0) is 19.9 Å². The minimum absolute atomic E-state index is 0.224. The average Bonchev–Trinajstić information content (AvgIpc) is 2.93. The van der Waals surface area contributed by atoms with Gasteiger partial charge in [-0.3, -0.25) is 0 Å². The van der Waals surface area contributed by atoms with Crippen molar-refractivity contribution in [2.45, 2.75) is 32.9 Å². The van der Waals surface area contributed by atoms with Crippen LogP contribution in [0.2, 0.25) is 0 Å². The van der Waals surface area contributed by atoms with Crippen molar-refractivity contribution in [1.82, 2.24) is 14.9 Å². The summed E-state index contributed by atoms with van der Waals surface area (Å²) in [7, 11) is 0. The van der Waals surface area contributed by atoms with Crippen molar-refractivity contribution in [2.75, 3.05) is 19.7 Å². The van der Waals surface area contributed by atoms with E-state index in [9.17, 15) is 0 Å². The molecule has 1 aromatic heterocycles. The Morgan fingerprint density at radius 1 is 1.56 bits per heavy atom. The van der Waals surface area contributed by atoms with E-state index in [2.05, 4.69) is 28.7 Å². The van der Waals surface area contributed by atoms with Gasteiger partial charge in [-0.25, -0.2) is 4.98 Å². The molecule has 1 N–H and O–H groups in total. The smallest absolute Gasteiger partial charge is 0.103 e. The van der Waals surface area contributed by atoms with Gasteiger partial charge in [0.2, 0.25) is 0 Å². The summed E-state index contributed by atoms with van der Waals surface area (Å²) in [5, 5.41) is 3.41. The first-order chi connectivity index (χ1) is 7.86. The molecule has 0 spiro atoms. The molecule has 2 unspecified atom stereocenters. The van der Waals surface area contributed by atoms with E-state index in [0.717, 1.165) is 32.7 Å². The number of aromatic nitrogens is 2. The molecule has 90 valence electrons. The van der Waals surface area contributed by atoms with E-state index in [0.29, 0.717) is 5.92 Å². The Labute approximate surface area is 97.0 Å². The van der Waals surface area contributed by atoms with Crippen LogP contribution < -0.4 is 5.32 Å². The number of imidazole rings is 1. The molecule has 1 saturated heterocycles. The van der Waals surface area contributed by atoms with Gasteiger partial charge >= 0.3 is 0 Å². The molecule has 16 heavy (non-hydrogen) atoms. The Hall–Kier alpha value is -0.870. The van der Waals surface area contributed by atoms with Gasteiger partial charge in [0.05, 0.1) is 18.2 Å². The van der Waals surface area contributed by atoms with Crippen molar-refractivity contribution < 1.29 is 4.74 Å². The Kier molecular flexibility index (Phi) is 3.96. The van der Waals surface area contributed by atoms with E-state index >= 15 is 0 Å². The lowest BCUT2D eigenvalue weighted by atomic mass is 9.99. The van der Waals surface area contributed by atoms with E-state index in [-0.39, 0.29) is 6.10 Å². The molecule has 2 atom stereocenters. The number of hydrogen-bond acceptors (Lipinski definition) is 3. The first-order valence-electron chi connectivity index (χ1n) is 6.19. The van der Waals surface area contributed by atoms with Crippen molar-refractivity contribution in [2.24, 2.45) is 5.92 Å². The van der Waals surface area contributed by atoms with Crippen LogP contribution in [0.5, 0.6) is 0 Å². The maximum Gasteiger partial charge on any atom is 0.103 e. The highest BCUT2D eigenvalue weighted by Crippen LogP contribution is 2.33. The summed E-state index contributed by atoms with van der Waals surface area (Å²) in [4.78, 5) is 4.21. The van der Waals surface area contributed by atoms with Gasteiger partial charge in [-0.15, -0.1) is 0 Å². The predicted molar refractivity (Wildman–Crippen MR) is 63.2 cm³/mol. The number of hydrogen-bond donors (Lipinski definition) is 1. The van der Waals surface area contributed by atoms with Crippen molar-refractivity contribution in [3.05, 3.63) is 18.2 Å². The molecule has 0 aromatic carbocycles. The number of rotatable bonds is 5. The Balaban J connectivity index is 2.07. The topological polar surface area (TPSA) is 39.1 Å². The van der Waals surface area contributed by atoms with Gasteiger partial charge < -0.3 is 14.6 Å². The molecule has 1 fully saturated rings. The molecule has 0 amide bonds. The quantitative estimate of drug-likeness (QED) is 0.824. The Morgan fingerprint density at radius 3 is 3.19 bits per heavy atom. The summed E-state index contributed by atoms with van der Waals surface area (Å²) in [6, 6.07) is 0. The van der Waals surface area contributed by atoms with Crippen LogP contribution in [-0.2, 0) is 11.3 Å². The number of nitrogens with zero attached hydrogens (tertiary/aromatic N) is 2. The summed E-state index contributed by atoms with van der Waals surface area (Å²) in [6.45, 7) is 8.17.